The topological polar surface area (TPSA) is 51.8 Å². The maximum Gasteiger partial charge on any atom is 0.134 e. The fourth-order valence-corrected chi connectivity index (χ4v) is 2.84. The van der Waals surface area contributed by atoms with Crippen LogP contribution in [0.4, 0.5) is 0 Å². The van der Waals surface area contributed by atoms with Gasteiger partial charge in [-0.1, -0.05) is 32.1 Å². The molecule has 1 aliphatic rings. The summed E-state index contributed by atoms with van der Waals surface area (Å²) in [4.78, 5) is 0. The molecule has 2 atom stereocenters. The van der Waals surface area contributed by atoms with E-state index in [4.69, 9.17) is 5.73 Å². The van der Waals surface area contributed by atoms with Crippen molar-refractivity contribution in [3.05, 3.63) is 10.0 Å². The lowest BCUT2D eigenvalue weighted by molar-refractivity contribution is 0.617. The lowest BCUT2D eigenvalue weighted by Gasteiger charge is -2.01. The van der Waals surface area contributed by atoms with Gasteiger partial charge in [-0.3, -0.25) is 0 Å². The summed E-state index contributed by atoms with van der Waals surface area (Å²) in [6.07, 6.45) is 2.17. The van der Waals surface area contributed by atoms with Crippen molar-refractivity contribution in [2.24, 2.45) is 11.1 Å². The van der Waals surface area contributed by atoms with Crippen LogP contribution in [0.3, 0.4) is 0 Å². The van der Waals surface area contributed by atoms with E-state index in [1.807, 2.05) is 0 Å². The third-order valence-electron chi connectivity index (χ3n) is 3.02. The first-order chi connectivity index (χ1) is 6.54. The molecular formula is C10H17N3S. The van der Waals surface area contributed by atoms with Crippen molar-refractivity contribution in [2.75, 3.05) is 0 Å². The smallest absolute Gasteiger partial charge is 0.134 e. The molecule has 0 radical (unpaired) electrons. The van der Waals surface area contributed by atoms with Gasteiger partial charge in [-0.2, -0.15) is 0 Å². The summed E-state index contributed by atoms with van der Waals surface area (Å²) < 4.78 is 0. The lowest BCUT2D eigenvalue weighted by atomic mass is 10.1. The number of hydrogen-bond donors (Lipinski definition) is 1. The maximum atomic E-state index is 5.90. The molecule has 1 aromatic heterocycles. The summed E-state index contributed by atoms with van der Waals surface area (Å²) in [6, 6.07) is 0.0723. The molecular weight excluding hydrogens is 194 g/mol. The van der Waals surface area contributed by atoms with Crippen molar-refractivity contribution < 1.29 is 0 Å². The van der Waals surface area contributed by atoms with E-state index in [1.165, 1.54) is 11.4 Å². The van der Waals surface area contributed by atoms with E-state index >= 15 is 0 Å². The Balaban J connectivity index is 2.11. The predicted octanol–water partition coefficient (Wildman–Crippen LogP) is 2.46. The van der Waals surface area contributed by atoms with Gasteiger partial charge < -0.3 is 5.73 Å². The van der Waals surface area contributed by atoms with Gasteiger partial charge in [0.1, 0.15) is 10.0 Å². The second kappa shape index (κ2) is 3.28. The summed E-state index contributed by atoms with van der Waals surface area (Å²) >= 11 is 1.69. The number of rotatable bonds is 3. The highest BCUT2D eigenvalue weighted by Crippen LogP contribution is 2.59. The SMILES string of the molecule is CCC(N)c1nnc(C2CC2(C)C)s1. The van der Waals surface area contributed by atoms with E-state index in [-0.39, 0.29) is 6.04 Å². The van der Waals surface area contributed by atoms with Crippen molar-refractivity contribution >= 4 is 11.3 Å². The molecule has 1 saturated carbocycles. The van der Waals surface area contributed by atoms with Crippen LogP contribution < -0.4 is 5.73 Å². The van der Waals surface area contributed by atoms with Crippen molar-refractivity contribution in [1.29, 1.82) is 0 Å². The van der Waals surface area contributed by atoms with E-state index < -0.39 is 0 Å². The highest BCUT2D eigenvalue weighted by molar-refractivity contribution is 7.11. The summed E-state index contributed by atoms with van der Waals surface area (Å²) in [6.45, 7) is 6.63. The Morgan fingerprint density at radius 3 is 2.71 bits per heavy atom. The zero-order valence-corrected chi connectivity index (χ0v) is 9.77. The Morgan fingerprint density at radius 1 is 1.57 bits per heavy atom. The van der Waals surface area contributed by atoms with E-state index in [0.29, 0.717) is 11.3 Å². The molecule has 3 nitrogen and oxygen atoms in total. The molecule has 1 heterocycles. The minimum absolute atomic E-state index is 0.0723. The fourth-order valence-electron chi connectivity index (χ4n) is 1.60. The van der Waals surface area contributed by atoms with Gasteiger partial charge in [-0.25, -0.2) is 0 Å². The molecule has 1 aromatic rings. The molecule has 2 N–H and O–H groups in total. The largest absolute Gasteiger partial charge is 0.322 e. The summed E-state index contributed by atoms with van der Waals surface area (Å²) in [7, 11) is 0. The number of aromatic nitrogens is 2. The lowest BCUT2D eigenvalue weighted by Crippen LogP contribution is -2.07. The molecule has 0 spiro atoms. The fraction of sp³-hybridized carbons (Fsp3) is 0.800. The number of nitrogens with zero attached hydrogens (tertiary/aromatic N) is 2. The average molecular weight is 211 g/mol. The van der Waals surface area contributed by atoms with E-state index in [2.05, 4.69) is 31.0 Å². The highest BCUT2D eigenvalue weighted by Gasteiger charge is 2.48. The van der Waals surface area contributed by atoms with Gasteiger partial charge in [-0.05, 0) is 18.3 Å². The standard InChI is InChI=1S/C10H17N3S/c1-4-7(11)9-13-12-8(14-9)6-5-10(6,2)3/h6-7H,4-5,11H2,1-3H3. The van der Waals surface area contributed by atoms with E-state index in [1.54, 1.807) is 11.3 Å². The summed E-state index contributed by atoms with van der Waals surface area (Å²) in [5, 5.41) is 10.6. The average Bonchev–Trinajstić information content (AvgIpc) is 2.64. The van der Waals surface area contributed by atoms with Crippen molar-refractivity contribution in [3.8, 4) is 0 Å². The third-order valence-corrected chi connectivity index (χ3v) is 4.19. The van der Waals surface area contributed by atoms with Gasteiger partial charge >= 0.3 is 0 Å². The van der Waals surface area contributed by atoms with Gasteiger partial charge in [-0.15, -0.1) is 10.2 Å². The van der Waals surface area contributed by atoms with Crippen LogP contribution in [-0.2, 0) is 0 Å². The van der Waals surface area contributed by atoms with Gasteiger partial charge in [0, 0.05) is 5.92 Å². The maximum absolute atomic E-state index is 5.90. The van der Waals surface area contributed by atoms with Crippen LogP contribution in [0.1, 0.15) is 55.6 Å². The van der Waals surface area contributed by atoms with Gasteiger partial charge in [0.05, 0.1) is 6.04 Å². The molecule has 0 bridgehead atoms. The minimum atomic E-state index is 0.0723. The molecule has 4 heteroatoms. The number of hydrogen-bond acceptors (Lipinski definition) is 4. The van der Waals surface area contributed by atoms with Crippen LogP contribution in [0.15, 0.2) is 0 Å². The Kier molecular flexibility index (Phi) is 2.35. The van der Waals surface area contributed by atoms with Crippen molar-refractivity contribution in [1.82, 2.24) is 10.2 Å². The molecule has 0 aliphatic heterocycles. The van der Waals surface area contributed by atoms with Gasteiger partial charge in [0.2, 0.25) is 0 Å². The Labute approximate surface area is 88.7 Å². The quantitative estimate of drug-likeness (QED) is 0.835. The van der Waals surface area contributed by atoms with Crippen molar-refractivity contribution in [3.63, 3.8) is 0 Å². The summed E-state index contributed by atoms with van der Waals surface area (Å²) in [5.74, 6) is 0.623. The minimum Gasteiger partial charge on any atom is -0.322 e. The van der Waals surface area contributed by atoms with Crippen LogP contribution in [0, 0.1) is 5.41 Å². The van der Waals surface area contributed by atoms with Crippen molar-refractivity contribution in [2.45, 2.75) is 45.6 Å². The van der Waals surface area contributed by atoms with E-state index in [0.717, 1.165) is 11.4 Å². The van der Waals surface area contributed by atoms with Crippen LogP contribution in [-0.4, -0.2) is 10.2 Å². The first-order valence-electron chi connectivity index (χ1n) is 5.13. The third kappa shape index (κ3) is 1.68. The molecule has 0 amide bonds. The van der Waals surface area contributed by atoms with Gasteiger partial charge in [0.15, 0.2) is 0 Å². The van der Waals surface area contributed by atoms with Crippen LogP contribution in [0.25, 0.3) is 0 Å². The monoisotopic (exact) mass is 211 g/mol. The Bertz CT molecular complexity index is 332. The van der Waals surface area contributed by atoms with E-state index in [9.17, 15) is 0 Å². The molecule has 2 unspecified atom stereocenters. The zero-order valence-electron chi connectivity index (χ0n) is 8.95. The zero-order chi connectivity index (χ0) is 10.3. The summed E-state index contributed by atoms with van der Waals surface area (Å²) in [5.41, 5.74) is 6.34. The molecule has 1 aliphatic carbocycles. The molecule has 14 heavy (non-hydrogen) atoms. The molecule has 2 rings (SSSR count). The van der Waals surface area contributed by atoms with Crippen LogP contribution in [0.5, 0.6) is 0 Å². The molecule has 0 saturated heterocycles. The molecule has 1 fully saturated rings. The number of nitrogens with two attached hydrogens (primary N) is 1. The Morgan fingerprint density at radius 2 is 2.21 bits per heavy atom. The Hall–Kier alpha value is -0.480. The second-order valence-electron chi connectivity index (χ2n) is 4.74. The highest BCUT2D eigenvalue weighted by atomic mass is 32.1. The first-order valence-corrected chi connectivity index (χ1v) is 5.95. The first kappa shape index (κ1) is 10.1. The molecule has 0 aromatic carbocycles. The van der Waals surface area contributed by atoms with Crippen LogP contribution >= 0.6 is 11.3 Å². The second-order valence-corrected chi connectivity index (χ2v) is 5.78. The normalized spacial score (nSPS) is 26.1. The predicted molar refractivity (Wildman–Crippen MR) is 58.3 cm³/mol. The molecule has 78 valence electrons. The van der Waals surface area contributed by atoms with Crippen LogP contribution in [0.2, 0.25) is 0 Å². The van der Waals surface area contributed by atoms with Gasteiger partial charge in [0.25, 0.3) is 0 Å².